The van der Waals surface area contributed by atoms with Crippen LogP contribution < -0.4 is 5.73 Å². The second-order valence-corrected chi connectivity index (χ2v) is 5.49. The van der Waals surface area contributed by atoms with Crippen molar-refractivity contribution in [3.8, 4) is 0 Å². The van der Waals surface area contributed by atoms with Crippen molar-refractivity contribution in [2.75, 3.05) is 33.7 Å². The summed E-state index contributed by atoms with van der Waals surface area (Å²) in [5.41, 5.74) is 6.41. The number of rotatable bonds is 3. The Bertz CT molecular complexity index is 375. The van der Waals surface area contributed by atoms with E-state index in [4.69, 9.17) is 5.73 Å². The minimum absolute atomic E-state index is 0.136. The van der Waals surface area contributed by atoms with E-state index in [-0.39, 0.29) is 6.04 Å². The number of likely N-dealkylation sites (N-methyl/N-ethyl adjacent to an activating group) is 2. The monoisotopic (exact) mass is 251 g/mol. The first-order valence-electron chi connectivity index (χ1n) is 6.68. The van der Waals surface area contributed by atoms with Gasteiger partial charge in [-0.25, -0.2) is 4.98 Å². The molecule has 2 unspecified atom stereocenters. The molecular formula is C13H25N5. The molecule has 1 aliphatic heterocycles. The first-order valence-corrected chi connectivity index (χ1v) is 6.68. The quantitative estimate of drug-likeness (QED) is 0.817. The van der Waals surface area contributed by atoms with E-state index in [9.17, 15) is 0 Å². The van der Waals surface area contributed by atoms with Crippen molar-refractivity contribution in [1.29, 1.82) is 0 Å². The third kappa shape index (κ3) is 3.10. The third-order valence-electron chi connectivity index (χ3n) is 3.95. The summed E-state index contributed by atoms with van der Waals surface area (Å²) in [7, 11) is 6.39. The summed E-state index contributed by atoms with van der Waals surface area (Å²) in [6, 6.07) is 0.547. The molecule has 5 heteroatoms. The predicted molar refractivity (Wildman–Crippen MR) is 73.4 cm³/mol. The molecule has 0 aromatic carbocycles. The Morgan fingerprint density at radius 3 is 2.83 bits per heavy atom. The van der Waals surface area contributed by atoms with Crippen molar-refractivity contribution in [2.24, 2.45) is 12.8 Å². The molecule has 0 radical (unpaired) electrons. The molecular weight excluding hydrogens is 226 g/mol. The van der Waals surface area contributed by atoms with Crippen LogP contribution in [0.25, 0.3) is 0 Å². The van der Waals surface area contributed by atoms with E-state index in [1.807, 2.05) is 19.4 Å². The van der Waals surface area contributed by atoms with Gasteiger partial charge in [0.1, 0.15) is 5.82 Å². The first kappa shape index (κ1) is 13.5. The van der Waals surface area contributed by atoms with Crippen LogP contribution >= 0.6 is 0 Å². The molecule has 2 N–H and O–H groups in total. The predicted octanol–water partition coefficient (Wildman–Crippen LogP) is -0.0742. The molecule has 0 spiro atoms. The van der Waals surface area contributed by atoms with Crippen LogP contribution in [-0.2, 0) is 13.5 Å². The van der Waals surface area contributed by atoms with Crippen LogP contribution in [0.5, 0.6) is 0 Å². The lowest BCUT2D eigenvalue weighted by atomic mass is 10.0. The molecule has 2 heterocycles. The number of hydrogen-bond acceptors (Lipinski definition) is 4. The van der Waals surface area contributed by atoms with Crippen LogP contribution in [0.1, 0.15) is 12.2 Å². The highest BCUT2D eigenvalue weighted by Crippen LogP contribution is 2.12. The highest BCUT2D eigenvalue weighted by Gasteiger charge is 2.26. The standard InChI is InChI=1S/C13H25N5/c1-16-6-4-7-17(2)12(10-16)11(14)9-13-15-5-8-18(13)3/h5,8,11-12H,4,6-7,9-10,14H2,1-3H3. The lowest BCUT2D eigenvalue weighted by Crippen LogP contribution is -2.51. The van der Waals surface area contributed by atoms with Crippen LogP contribution in [0.15, 0.2) is 12.4 Å². The fourth-order valence-corrected chi connectivity index (χ4v) is 2.71. The van der Waals surface area contributed by atoms with Crippen molar-refractivity contribution in [2.45, 2.75) is 24.9 Å². The fraction of sp³-hybridized carbons (Fsp3) is 0.769. The zero-order chi connectivity index (χ0) is 13.1. The van der Waals surface area contributed by atoms with Crippen molar-refractivity contribution < 1.29 is 0 Å². The van der Waals surface area contributed by atoms with E-state index >= 15 is 0 Å². The molecule has 1 aromatic heterocycles. The van der Waals surface area contributed by atoms with Crippen molar-refractivity contribution in [1.82, 2.24) is 19.4 Å². The SMILES string of the molecule is CN1CCCN(C)C(C(N)Cc2nccn2C)C1. The van der Waals surface area contributed by atoms with Crippen molar-refractivity contribution >= 4 is 0 Å². The topological polar surface area (TPSA) is 50.3 Å². The number of nitrogens with zero attached hydrogens (tertiary/aromatic N) is 4. The van der Waals surface area contributed by atoms with Crippen molar-refractivity contribution in [3.63, 3.8) is 0 Å². The van der Waals surface area contributed by atoms with Gasteiger partial charge in [-0.3, -0.25) is 0 Å². The molecule has 0 aliphatic carbocycles. The Morgan fingerprint density at radius 2 is 2.17 bits per heavy atom. The molecule has 18 heavy (non-hydrogen) atoms. The first-order chi connectivity index (χ1) is 8.58. The minimum Gasteiger partial charge on any atom is -0.338 e. The highest BCUT2D eigenvalue weighted by molar-refractivity contribution is 4.98. The van der Waals surface area contributed by atoms with E-state index in [0.717, 1.165) is 31.9 Å². The molecule has 0 amide bonds. The lowest BCUT2D eigenvalue weighted by molar-refractivity contribution is 0.194. The average molecular weight is 251 g/mol. The third-order valence-corrected chi connectivity index (χ3v) is 3.95. The van der Waals surface area contributed by atoms with Crippen molar-refractivity contribution in [3.05, 3.63) is 18.2 Å². The second kappa shape index (κ2) is 5.82. The van der Waals surface area contributed by atoms with Gasteiger partial charge >= 0.3 is 0 Å². The van der Waals surface area contributed by atoms with E-state index in [2.05, 4.69) is 33.4 Å². The Labute approximate surface area is 110 Å². The molecule has 102 valence electrons. The summed E-state index contributed by atoms with van der Waals surface area (Å²) in [5.74, 6) is 1.07. The number of hydrogen-bond donors (Lipinski definition) is 1. The molecule has 0 saturated carbocycles. The van der Waals surface area contributed by atoms with Crippen LogP contribution in [0.4, 0.5) is 0 Å². The van der Waals surface area contributed by atoms with Crippen LogP contribution in [0.2, 0.25) is 0 Å². The van der Waals surface area contributed by atoms with Crippen LogP contribution in [-0.4, -0.2) is 65.2 Å². The molecule has 1 aromatic rings. The van der Waals surface area contributed by atoms with Gasteiger partial charge in [-0.05, 0) is 33.6 Å². The molecule has 1 aliphatic rings. The Kier molecular flexibility index (Phi) is 4.37. The lowest BCUT2D eigenvalue weighted by Gasteiger charge is -2.32. The smallest absolute Gasteiger partial charge is 0.109 e. The highest BCUT2D eigenvalue weighted by atomic mass is 15.2. The molecule has 0 bridgehead atoms. The van der Waals surface area contributed by atoms with Gasteiger partial charge in [0.05, 0.1) is 0 Å². The summed E-state index contributed by atoms with van der Waals surface area (Å²) in [4.78, 5) is 9.15. The van der Waals surface area contributed by atoms with Crippen LogP contribution in [0, 0.1) is 0 Å². The molecule has 1 fully saturated rings. The van der Waals surface area contributed by atoms with E-state index in [1.54, 1.807) is 0 Å². The Morgan fingerprint density at radius 1 is 1.39 bits per heavy atom. The maximum Gasteiger partial charge on any atom is 0.109 e. The molecule has 2 rings (SSSR count). The van der Waals surface area contributed by atoms with Gasteiger partial charge in [-0.1, -0.05) is 0 Å². The number of aromatic nitrogens is 2. The summed E-state index contributed by atoms with van der Waals surface area (Å²) in [6.07, 6.45) is 5.88. The summed E-state index contributed by atoms with van der Waals surface area (Å²) in [6.45, 7) is 3.33. The average Bonchev–Trinajstić information content (AvgIpc) is 2.62. The van der Waals surface area contributed by atoms with E-state index in [1.165, 1.54) is 6.42 Å². The number of aryl methyl sites for hydroxylation is 1. The molecule has 2 atom stereocenters. The van der Waals surface area contributed by atoms with Gasteiger partial charge in [-0.2, -0.15) is 0 Å². The second-order valence-electron chi connectivity index (χ2n) is 5.49. The zero-order valence-corrected chi connectivity index (χ0v) is 11.7. The van der Waals surface area contributed by atoms with Crippen LogP contribution in [0.3, 0.4) is 0 Å². The molecule has 5 nitrogen and oxygen atoms in total. The summed E-state index contributed by atoms with van der Waals surface area (Å²) >= 11 is 0. The Hall–Kier alpha value is -0.910. The van der Waals surface area contributed by atoms with Gasteiger partial charge in [0.2, 0.25) is 0 Å². The van der Waals surface area contributed by atoms with Gasteiger partial charge in [0.25, 0.3) is 0 Å². The van der Waals surface area contributed by atoms with Gasteiger partial charge < -0.3 is 20.1 Å². The largest absolute Gasteiger partial charge is 0.338 e. The van der Waals surface area contributed by atoms with E-state index < -0.39 is 0 Å². The van der Waals surface area contributed by atoms with Gasteiger partial charge in [-0.15, -0.1) is 0 Å². The van der Waals surface area contributed by atoms with E-state index in [0.29, 0.717) is 6.04 Å². The van der Waals surface area contributed by atoms with Gasteiger partial charge in [0, 0.05) is 44.5 Å². The maximum atomic E-state index is 6.41. The summed E-state index contributed by atoms with van der Waals surface area (Å²) in [5, 5.41) is 0. The summed E-state index contributed by atoms with van der Waals surface area (Å²) < 4.78 is 2.06. The Balaban J connectivity index is 2.02. The minimum atomic E-state index is 0.136. The zero-order valence-electron chi connectivity index (χ0n) is 11.7. The number of nitrogens with two attached hydrogens (primary N) is 1. The maximum absolute atomic E-state index is 6.41. The van der Waals surface area contributed by atoms with Gasteiger partial charge in [0.15, 0.2) is 0 Å². The molecule has 1 saturated heterocycles. The fourth-order valence-electron chi connectivity index (χ4n) is 2.71. The normalized spacial score (nSPS) is 25.0. The number of imidazole rings is 1.